The highest BCUT2D eigenvalue weighted by Crippen LogP contribution is 2.12. The minimum atomic E-state index is -0.518. The first-order valence-electron chi connectivity index (χ1n) is 9.75. The van der Waals surface area contributed by atoms with E-state index in [1.54, 1.807) is 24.3 Å². The molecule has 1 heterocycles. The van der Waals surface area contributed by atoms with E-state index in [1.165, 1.54) is 13.3 Å². The molecule has 10 nitrogen and oxygen atoms in total. The second kappa shape index (κ2) is 13.3. The summed E-state index contributed by atoms with van der Waals surface area (Å²) < 4.78 is 15.7. The molecule has 1 aliphatic heterocycles. The van der Waals surface area contributed by atoms with Crippen LogP contribution in [0.1, 0.15) is 24.8 Å². The number of benzene rings is 1. The largest absolute Gasteiger partial charge is 0.484 e. The zero-order chi connectivity index (χ0) is 21.6. The van der Waals surface area contributed by atoms with Crippen molar-refractivity contribution in [1.82, 2.24) is 16.1 Å². The van der Waals surface area contributed by atoms with Crippen LogP contribution >= 0.6 is 0 Å². The van der Waals surface area contributed by atoms with Crippen LogP contribution in [0.3, 0.4) is 0 Å². The fourth-order valence-electron chi connectivity index (χ4n) is 2.60. The van der Waals surface area contributed by atoms with Crippen molar-refractivity contribution in [2.24, 2.45) is 5.10 Å². The predicted molar refractivity (Wildman–Crippen MR) is 109 cm³/mol. The lowest BCUT2D eigenvalue weighted by Gasteiger charge is -2.11. The number of nitrogens with zero attached hydrogens (tertiary/aromatic N) is 1. The molecule has 1 saturated heterocycles. The van der Waals surface area contributed by atoms with Crippen molar-refractivity contribution in [3.63, 3.8) is 0 Å². The van der Waals surface area contributed by atoms with Gasteiger partial charge < -0.3 is 24.8 Å². The molecule has 0 aliphatic carbocycles. The van der Waals surface area contributed by atoms with Gasteiger partial charge in [-0.3, -0.25) is 14.4 Å². The van der Waals surface area contributed by atoms with Crippen LogP contribution in [0.2, 0.25) is 0 Å². The Kier molecular flexibility index (Phi) is 10.3. The van der Waals surface area contributed by atoms with Gasteiger partial charge >= 0.3 is 0 Å². The molecule has 10 heteroatoms. The Labute approximate surface area is 175 Å². The molecule has 0 saturated carbocycles. The first-order valence-corrected chi connectivity index (χ1v) is 9.75. The van der Waals surface area contributed by atoms with Crippen LogP contribution in [0.4, 0.5) is 0 Å². The topological polar surface area (TPSA) is 127 Å². The molecule has 1 aromatic carbocycles. The molecule has 1 aromatic rings. The highest BCUT2D eigenvalue weighted by atomic mass is 16.5. The molecule has 0 aromatic heterocycles. The van der Waals surface area contributed by atoms with Gasteiger partial charge in [-0.2, -0.15) is 5.10 Å². The highest BCUT2D eigenvalue weighted by molar-refractivity contribution is 5.97. The van der Waals surface area contributed by atoms with Crippen LogP contribution in [-0.2, 0) is 23.9 Å². The van der Waals surface area contributed by atoms with Gasteiger partial charge in [0.05, 0.1) is 18.9 Å². The maximum atomic E-state index is 11.8. The van der Waals surface area contributed by atoms with E-state index in [9.17, 15) is 14.4 Å². The van der Waals surface area contributed by atoms with Crippen molar-refractivity contribution in [2.45, 2.75) is 25.4 Å². The van der Waals surface area contributed by atoms with Crippen molar-refractivity contribution in [3.8, 4) is 5.75 Å². The van der Waals surface area contributed by atoms with E-state index in [0.29, 0.717) is 25.4 Å². The Morgan fingerprint density at radius 3 is 2.67 bits per heavy atom. The van der Waals surface area contributed by atoms with Gasteiger partial charge in [0, 0.05) is 26.8 Å². The molecule has 3 amide bonds. The number of amides is 3. The van der Waals surface area contributed by atoms with E-state index < -0.39 is 11.8 Å². The molecule has 0 radical (unpaired) electrons. The summed E-state index contributed by atoms with van der Waals surface area (Å²) in [6.07, 6.45) is 3.21. The van der Waals surface area contributed by atoms with Gasteiger partial charge in [0.1, 0.15) is 12.2 Å². The molecule has 1 aliphatic rings. The quantitative estimate of drug-likeness (QED) is 0.189. The average Bonchev–Trinajstić information content (AvgIpc) is 3.25. The maximum absolute atomic E-state index is 11.8. The molecule has 164 valence electrons. The van der Waals surface area contributed by atoms with Crippen LogP contribution in [0.15, 0.2) is 29.4 Å². The fraction of sp³-hybridized carbons (Fsp3) is 0.500. The van der Waals surface area contributed by atoms with Crippen LogP contribution in [0.5, 0.6) is 5.75 Å². The number of carbonyl (C=O) groups excluding carboxylic acids is 3. The lowest BCUT2D eigenvalue weighted by molar-refractivity contribution is -0.129. The monoisotopic (exact) mass is 420 g/mol. The average molecular weight is 420 g/mol. The third-order valence-corrected chi connectivity index (χ3v) is 4.15. The summed E-state index contributed by atoms with van der Waals surface area (Å²) in [5.41, 5.74) is 3.01. The van der Waals surface area contributed by atoms with Crippen LogP contribution in [0, 0.1) is 0 Å². The number of nitrogens with one attached hydrogen (secondary N) is 3. The Morgan fingerprint density at radius 1 is 1.17 bits per heavy atom. The zero-order valence-electron chi connectivity index (χ0n) is 17.0. The minimum Gasteiger partial charge on any atom is -0.484 e. The first-order chi connectivity index (χ1) is 14.6. The zero-order valence-corrected chi connectivity index (χ0v) is 17.0. The third kappa shape index (κ3) is 9.48. The summed E-state index contributed by atoms with van der Waals surface area (Å²) in [7, 11) is 1.52. The van der Waals surface area contributed by atoms with Crippen molar-refractivity contribution in [1.29, 1.82) is 0 Å². The summed E-state index contributed by atoms with van der Waals surface area (Å²) in [6, 6.07) is 6.85. The number of hydrogen-bond donors (Lipinski definition) is 3. The number of rotatable bonds is 12. The van der Waals surface area contributed by atoms with Gasteiger partial charge in [-0.1, -0.05) is 0 Å². The lowest BCUT2D eigenvalue weighted by Crippen LogP contribution is -2.35. The molecule has 1 fully saturated rings. The molecule has 2 rings (SSSR count). The summed E-state index contributed by atoms with van der Waals surface area (Å²) in [5, 5.41) is 9.14. The molecular formula is C20H28N4O6. The van der Waals surface area contributed by atoms with Gasteiger partial charge in [0.25, 0.3) is 5.91 Å². The van der Waals surface area contributed by atoms with Gasteiger partial charge in [0.2, 0.25) is 11.8 Å². The maximum Gasteiger partial charge on any atom is 0.258 e. The van der Waals surface area contributed by atoms with Crippen LogP contribution in [0.25, 0.3) is 0 Å². The van der Waals surface area contributed by atoms with Crippen molar-refractivity contribution in [2.75, 3.05) is 40.0 Å². The predicted octanol–water partition coefficient (Wildman–Crippen LogP) is -0.0366. The number of methoxy groups -OCH3 is 1. The Bertz CT molecular complexity index is 717. The van der Waals surface area contributed by atoms with E-state index in [0.717, 1.165) is 25.0 Å². The van der Waals surface area contributed by atoms with Gasteiger partial charge in [-0.25, -0.2) is 5.43 Å². The van der Waals surface area contributed by atoms with E-state index in [-0.39, 0.29) is 25.0 Å². The minimum absolute atomic E-state index is 0.0807. The van der Waals surface area contributed by atoms with Crippen LogP contribution < -0.4 is 20.8 Å². The van der Waals surface area contributed by atoms with Crippen molar-refractivity contribution >= 4 is 23.9 Å². The molecule has 0 bridgehead atoms. The van der Waals surface area contributed by atoms with Gasteiger partial charge in [0.15, 0.2) is 6.61 Å². The van der Waals surface area contributed by atoms with E-state index in [1.807, 2.05) is 0 Å². The van der Waals surface area contributed by atoms with Crippen molar-refractivity contribution in [3.05, 3.63) is 29.8 Å². The summed E-state index contributed by atoms with van der Waals surface area (Å²) >= 11 is 0. The van der Waals surface area contributed by atoms with Crippen LogP contribution in [-0.4, -0.2) is 70.1 Å². The molecule has 0 unspecified atom stereocenters. The Morgan fingerprint density at radius 2 is 1.97 bits per heavy atom. The second-order valence-electron chi connectivity index (χ2n) is 6.61. The molecule has 1 atom stereocenters. The Balaban J connectivity index is 1.63. The normalized spacial score (nSPS) is 15.7. The number of hydrogen-bond acceptors (Lipinski definition) is 7. The van der Waals surface area contributed by atoms with E-state index in [2.05, 4.69) is 21.2 Å². The fourth-order valence-corrected chi connectivity index (χ4v) is 2.60. The van der Waals surface area contributed by atoms with Crippen molar-refractivity contribution < 1.29 is 28.6 Å². The Hall–Kier alpha value is -2.98. The third-order valence-electron chi connectivity index (χ3n) is 4.15. The molecular weight excluding hydrogens is 392 g/mol. The molecule has 3 N–H and O–H groups in total. The van der Waals surface area contributed by atoms with Gasteiger partial charge in [-0.05, 0) is 42.7 Å². The van der Waals surface area contributed by atoms with E-state index in [4.69, 9.17) is 14.2 Å². The lowest BCUT2D eigenvalue weighted by atomic mass is 10.2. The van der Waals surface area contributed by atoms with Gasteiger partial charge in [-0.15, -0.1) is 0 Å². The molecule has 30 heavy (non-hydrogen) atoms. The molecule has 0 spiro atoms. The first kappa shape index (κ1) is 23.3. The second-order valence-corrected chi connectivity index (χ2v) is 6.61. The highest BCUT2D eigenvalue weighted by Gasteiger charge is 2.16. The summed E-state index contributed by atoms with van der Waals surface area (Å²) in [5.74, 6) is -0.586. The summed E-state index contributed by atoms with van der Waals surface area (Å²) in [4.78, 5) is 34.9. The van der Waals surface area contributed by atoms with E-state index >= 15 is 0 Å². The number of ether oxygens (including phenoxy) is 3. The number of hydrazone groups is 1. The standard InChI is InChI=1S/C20H28N4O6/c1-28-10-8-21-18(25)11-19(26)24-23-12-15-4-6-16(7-5-15)30-14-20(27)22-13-17-3-2-9-29-17/h4-7,12,17H,2-3,8-11,13-14H2,1H3,(H,21,25)(H,22,27)(H,24,26)/b23-12+/t17-/m0/s1. The summed E-state index contributed by atoms with van der Waals surface area (Å²) in [6.45, 7) is 1.89. The SMILES string of the molecule is COCCNC(=O)CC(=O)N/N=C/c1ccc(OCC(=O)NC[C@@H]2CCCO2)cc1. The number of carbonyl (C=O) groups is 3. The smallest absolute Gasteiger partial charge is 0.258 e.